The van der Waals surface area contributed by atoms with Crippen molar-refractivity contribution in [2.24, 2.45) is 0 Å². The zero-order chi connectivity index (χ0) is 12.7. The average molecular weight is 274 g/mol. The van der Waals surface area contributed by atoms with Gasteiger partial charge in [0, 0.05) is 6.04 Å². The standard InChI is InChI=1S/C11H16ClN3OS/c1-3-17-5-4-8(2)15-11(16)9-6-14-10(12)7-13-9/h6-8H,3-5H2,1-2H3,(H,15,16). The summed E-state index contributed by atoms with van der Waals surface area (Å²) in [7, 11) is 0. The van der Waals surface area contributed by atoms with Gasteiger partial charge in [0.1, 0.15) is 10.8 Å². The van der Waals surface area contributed by atoms with Crippen LogP contribution in [0.1, 0.15) is 30.8 Å². The van der Waals surface area contributed by atoms with Crippen LogP contribution >= 0.6 is 23.4 Å². The lowest BCUT2D eigenvalue weighted by Crippen LogP contribution is -2.33. The lowest BCUT2D eigenvalue weighted by atomic mass is 10.2. The van der Waals surface area contributed by atoms with E-state index in [0.717, 1.165) is 17.9 Å². The number of hydrogen-bond donors (Lipinski definition) is 1. The van der Waals surface area contributed by atoms with Gasteiger partial charge in [-0.05, 0) is 24.9 Å². The molecule has 1 N–H and O–H groups in total. The zero-order valence-corrected chi connectivity index (χ0v) is 11.5. The monoisotopic (exact) mass is 273 g/mol. The van der Waals surface area contributed by atoms with Crippen LogP contribution in [0.15, 0.2) is 12.4 Å². The second kappa shape index (κ2) is 7.50. The lowest BCUT2D eigenvalue weighted by Gasteiger charge is -2.12. The Morgan fingerprint density at radius 3 is 2.88 bits per heavy atom. The third-order valence-electron chi connectivity index (χ3n) is 2.13. The Bertz CT molecular complexity index is 358. The van der Waals surface area contributed by atoms with Gasteiger partial charge in [-0.1, -0.05) is 18.5 Å². The van der Waals surface area contributed by atoms with E-state index in [2.05, 4.69) is 22.2 Å². The average Bonchev–Trinajstić information content (AvgIpc) is 2.30. The second-order valence-electron chi connectivity index (χ2n) is 3.58. The van der Waals surface area contributed by atoms with E-state index in [4.69, 9.17) is 11.6 Å². The molecular formula is C11H16ClN3OS. The van der Waals surface area contributed by atoms with Crippen molar-refractivity contribution in [1.82, 2.24) is 15.3 Å². The highest BCUT2D eigenvalue weighted by Gasteiger charge is 2.11. The van der Waals surface area contributed by atoms with E-state index < -0.39 is 0 Å². The molecule has 0 saturated heterocycles. The van der Waals surface area contributed by atoms with Crippen molar-refractivity contribution < 1.29 is 4.79 Å². The first-order chi connectivity index (χ1) is 8.13. The largest absolute Gasteiger partial charge is 0.348 e. The number of nitrogens with zero attached hydrogens (tertiary/aromatic N) is 2. The molecule has 0 radical (unpaired) electrons. The van der Waals surface area contributed by atoms with Gasteiger partial charge in [-0.3, -0.25) is 4.79 Å². The molecule has 17 heavy (non-hydrogen) atoms. The highest BCUT2D eigenvalue weighted by atomic mass is 35.5. The molecule has 0 aliphatic carbocycles. The molecule has 1 atom stereocenters. The van der Waals surface area contributed by atoms with Crippen LogP contribution in [0.5, 0.6) is 0 Å². The molecule has 1 unspecified atom stereocenters. The van der Waals surface area contributed by atoms with Crippen molar-refractivity contribution in [3.63, 3.8) is 0 Å². The smallest absolute Gasteiger partial charge is 0.271 e. The number of halogens is 1. The number of amides is 1. The van der Waals surface area contributed by atoms with Crippen LogP contribution in [0.3, 0.4) is 0 Å². The van der Waals surface area contributed by atoms with Crippen LogP contribution in [-0.4, -0.2) is 33.4 Å². The van der Waals surface area contributed by atoms with Crippen molar-refractivity contribution in [1.29, 1.82) is 0 Å². The first-order valence-corrected chi connectivity index (χ1v) is 7.03. The number of carbonyl (C=O) groups excluding carboxylic acids is 1. The molecule has 1 rings (SSSR count). The van der Waals surface area contributed by atoms with Gasteiger partial charge in [0.15, 0.2) is 0 Å². The molecule has 0 bridgehead atoms. The second-order valence-corrected chi connectivity index (χ2v) is 5.37. The molecule has 1 amide bonds. The zero-order valence-electron chi connectivity index (χ0n) is 9.94. The molecule has 6 heteroatoms. The topological polar surface area (TPSA) is 54.9 Å². The van der Waals surface area contributed by atoms with Crippen molar-refractivity contribution in [3.05, 3.63) is 23.2 Å². The summed E-state index contributed by atoms with van der Waals surface area (Å²) in [6.45, 7) is 4.11. The third kappa shape index (κ3) is 5.37. The fraction of sp³-hybridized carbons (Fsp3) is 0.545. The lowest BCUT2D eigenvalue weighted by molar-refractivity contribution is 0.0934. The van der Waals surface area contributed by atoms with Gasteiger partial charge in [-0.15, -0.1) is 0 Å². The predicted molar refractivity (Wildman–Crippen MR) is 71.6 cm³/mol. The molecular weight excluding hydrogens is 258 g/mol. The maximum absolute atomic E-state index is 11.7. The van der Waals surface area contributed by atoms with Gasteiger partial charge in [0.2, 0.25) is 0 Å². The Morgan fingerprint density at radius 2 is 2.29 bits per heavy atom. The number of aromatic nitrogens is 2. The van der Waals surface area contributed by atoms with Gasteiger partial charge in [0.05, 0.1) is 12.4 Å². The molecule has 94 valence electrons. The van der Waals surface area contributed by atoms with Crippen molar-refractivity contribution in [3.8, 4) is 0 Å². The quantitative estimate of drug-likeness (QED) is 0.809. The minimum atomic E-state index is -0.205. The summed E-state index contributed by atoms with van der Waals surface area (Å²) in [5, 5.41) is 3.16. The van der Waals surface area contributed by atoms with E-state index in [1.54, 1.807) is 0 Å². The molecule has 0 fully saturated rings. The van der Waals surface area contributed by atoms with Crippen LogP contribution in [-0.2, 0) is 0 Å². The van der Waals surface area contributed by atoms with Crippen LogP contribution in [0.4, 0.5) is 0 Å². The Balaban J connectivity index is 2.40. The van der Waals surface area contributed by atoms with Gasteiger partial charge >= 0.3 is 0 Å². The van der Waals surface area contributed by atoms with E-state index in [9.17, 15) is 4.79 Å². The number of hydrogen-bond acceptors (Lipinski definition) is 4. The minimum Gasteiger partial charge on any atom is -0.348 e. The van der Waals surface area contributed by atoms with E-state index in [1.807, 2.05) is 18.7 Å². The van der Waals surface area contributed by atoms with Crippen molar-refractivity contribution >= 4 is 29.3 Å². The van der Waals surface area contributed by atoms with Crippen molar-refractivity contribution in [2.75, 3.05) is 11.5 Å². The highest BCUT2D eigenvalue weighted by Crippen LogP contribution is 2.05. The van der Waals surface area contributed by atoms with E-state index in [-0.39, 0.29) is 17.1 Å². The summed E-state index contributed by atoms with van der Waals surface area (Å²) in [4.78, 5) is 19.5. The fourth-order valence-corrected chi connectivity index (χ4v) is 2.11. The Hall–Kier alpha value is -0.810. The van der Waals surface area contributed by atoms with Crippen LogP contribution in [0, 0.1) is 0 Å². The molecule has 0 spiro atoms. The van der Waals surface area contributed by atoms with E-state index in [1.165, 1.54) is 12.4 Å². The third-order valence-corrected chi connectivity index (χ3v) is 3.26. The first-order valence-electron chi connectivity index (χ1n) is 5.49. The SMILES string of the molecule is CCSCCC(C)NC(=O)c1cnc(Cl)cn1. The molecule has 0 aliphatic rings. The molecule has 0 aromatic carbocycles. The summed E-state index contributed by atoms with van der Waals surface area (Å²) in [5.74, 6) is 1.94. The van der Waals surface area contributed by atoms with Gasteiger partial charge < -0.3 is 5.32 Å². The maximum Gasteiger partial charge on any atom is 0.271 e. The number of thioether (sulfide) groups is 1. The number of rotatable bonds is 6. The molecule has 4 nitrogen and oxygen atoms in total. The summed E-state index contributed by atoms with van der Waals surface area (Å²) in [6.07, 6.45) is 3.70. The highest BCUT2D eigenvalue weighted by molar-refractivity contribution is 7.99. The van der Waals surface area contributed by atoms with Gasteiger partial charge in [-0.25, -0.2) is 9.97 Å². The summed E-state index contributed by atoms with van der Waals surface area (Å²) < 4.78 is 0. The predicted octanol–water partition coefficient (Wildman–Crippen LogP) is 2.39. The Kier molecular flexibility index (Phi) is 6.29. The fourth-order valence-electron chi connectivity index (χ4n) is 1.20. The Morgan fingerprint density at radius 1 is 1.53 bits per heavy atom. The summed E-state index contributed by atoms with van der Waals surface area (Å²) in [6, 6.07) is 0.138. The maximum atomic E-state index is 11.7. The van der Waals surface area contributed by atoms with Crippen molar-refractivity contribution in [2.45, 2.75) is 26.3 Å². The molecule has 1 aromatic rings. The number of nitrogens with one attached hydrogen (secondary N) is 1. The molecule has 0 saturated carbocycles. The summed E-state index contributed by atoms with van der Waals surface area (Å²) in [5.41, 5.74) is 0.296. The van der Waals surface area contributed by atoms with Gasteiger partial charge in [0.25, 0.3) is 5.91 Å². The molecule has 0 aliphatic heterocycles. The summed E-state index contributed by atoms with van der Waals surface area (Å²) >= 11 is 7.46. The van der Waals surface area contributed by atoms with E-state index in [0.29, 0.717) is 5.69 Å². The Labute approximate surface area is 111 Å². The van der Waals surface area contributed by atoms with Crippen LogP contribution in [0.2, 0.25) is 5.15 Å². The van der Waals surface area contributed by atoms with Crippen LogP contribution in [0.25, 0.3) is 0 Å². The number of carbonyl (C=O) groups is 1. The van der Waals surface area contributed by atoms with E-state index >= 15 is 0 Å². The van der Waals surface area contributed by atoms with Crippen LogP contribution < -0.4 is 5.32 Å². The van der Waals surface area contributed by atoms with Gasteiger partial charge in [-0.2, -0.15) is 11.8 Å². The first kappa shape index (κ1) is 14.3. The minimum absolute atomic E-state index is 0.138. The molecule has 1 heterocycles. The normalized spacial score (nSPS) is 12.2. The molecule has 1 aromatic heterocycles.